The molecule has 3 aromatic rings. The number of hydrogen-bond donors (Lipinski definition) is 2. The normalized spacial score (nSPS) is 21.2. The molecular formula is C19H19F4N5. The Hall–Kier alpha value is -2.68. The van der Waals surface area contributed by atoms with Crippen molar-refractivity contribution in [2.45, 2.75) is 31.2 Å². The molecule has 9 heteroatoms. The molecule has 0 radical (unpaired) electrons. The van der Waals surface area contributed by atoms with Crippen LogP contribution in [0.25, 0.3) is 16.9 Å². The first-order valence-electron chi connectivity index (χ1n) is 8.95. The van der Waals surface area contributed by atoms with E-state index in [0.717, 1.165) is 12.1 Å². The van der Waals surface area contributed by atoms with Crippen LogP contribution >= 0.6 is 0 Å². The first-order valence-corrected chi connectivity index (χ1v) is 8.95. The second-order valence-electron chi connectivity index (χ2n) is 7.04. The molecule has 0 aliphatic carbocycles. The van der Waals surface area contributed by atoms with Crippen molar-refractivity contribution in [2.24, 2.45) is 0 Å². The van der Waals surface area contributed by atoms with Crippen LogP contribution in [0.5, 0.6) is 0 Å². The molecule has 4 rings (SSSR count). The van der Waals surface area contributed by atoms with E-state index in [-0.39, 0.29) is 6.54 Å². The van der Waals surface area contributed by atoms with Crippen molar-refractivity contribution >= 4 is 11.5 Å². The molecule has 5 nitrogen and oxygen atoms in total. The highest BCUT2D eigenvalue weighted by Gasteiger charge is 2.39. The van der Waals surface area contributed by atoms with Gasteiger partial charge in [0.05, 0.1) is 23.5 Å². The largest absolute Gasteiger partial charge is 0.416 e. The second-order valence-corrected chi connectivity index (χ2v) is 7.04. The first kappa shape index (κ1) is 18.7. The molecule has 1 aliphatic rings. The minimum absolute atomic E-state index is 0.268. The number of alkyl halides is 4. The van der Waals surface area contributed by atoms with E-state index in [4.69, 9.17) is 0 Å². The molecule has 0 bridgehead atoms. The van der Waals surface area contributed by atoms with Gasteiger partial charge in [0.1, 0.15) is 11.5 Å². The summed E-state index contributed by atoms with van der Waals surface area (Å²) in [4.78, 5) is 4.21. The molecule has 1 fully saturated rings. The van der Waals surface area contributed by atoms with E-state index in [0.29, 0.717) is 35.7 Å². The predicted octanol–water partition coefficient (Wildman–Crippen LogP) is 3.92. The SMILES string of the molecule is CC(Nc1ccc2ncc(-c3cccc(C(F)(F)F)c3)n2n1)C1(F)CCNC1. The van der Waals surface area contributed by atoms with Crippen molar-refractivity contribution < 1.29 is 17.6 Å². The van der Waals surface area contributed by atoms with E-state index in [1.165, 1.54) is 16.8 Å². The predicted molar refractivity (Wildman–Crippen MR) is 97.8 cm³/mol. The Bertz CT molecular complexity index is 991. The van der Waals surface area contributed by atoms with E-state index in [2.05, 4.69) is 20.7 Å². The van der Waals surface area contributed by atoms with Gasteiger partial charge < -0.3 is 10.6 Å². The Kier molecular flexibility index (Phi) is 4.49. The minimum atomic E-state index is -4.43. The molecule has 28 heavy (non-hydrogen) atoms. The first-order chi connectivity index (χ1) is 13.3. The minimum Gasteiger partial charge on any atom is -0.363 e. The highest BCUT2D eigenvalue weighted by atomic mass is 19.4. The number of rotatable bonds is 4. The molecular weight excluding hydrogens is 374 g/mol. The van der Waals surface area contributed by atoms with Crippen LogP contribution in [0, 0.1) is 0 Å². The van der Waals surface area contributed by atoms with Gasteiger partial charge in [-0.25, -0.2) is 13.9 Å². The van der Waals surface area contributed by atoms with Crippen LogP contribution in [-0.4, -0.2) is 39.4 Å². The molecule has 0 amide bonds. The van der Waals surface area contributed by atoms with Gasteiger partial charge in [-0.1, -0.05) is 12.1 Å². The smallest absolute Gasteiger partial charge is 0.363 e. The molecule has 0 saturated carbocycles. The van der Waals surface area contributed by atoms with Gasteiger partial charge in [-0.15, -0.1) is 5.10 Å². The van der Waals surface area contributed by atoms with E-state index < -0.39 is 23.5 Å². The molecule has 0 spiro atoms. The lowest BCUT2D eigenvalue weighted by molar-refractivity contribution is -0.137. The van der Waals surface area contributed by atoms with Crippen LogP contribution in [0.15, 0.2) is 42.6 Å². The third-order valence-corrected chi connectivity index (χ3v) is 5.12. The highest BCUT2D eigenvalue weighted by Crippen LogP contribution is 2.32. The summed E-state index contributed by atoms with van der Waals surface area (Å²) in [7, 11) is 0. The lowest BCUT2D eigenvalue weighted by Crippen LogP contribution is -2.43. The van der Waals surface area contributed by atoms with Crippen LogP contribution in [0.3, 0.4) is 0 Å². The van der Waals surface area contributed by atoms with Crippen LogP contribution in [0.4, 0.5) is 23.4 Å². The van der Waals surface area contributed by atoms with E-state index in [1.807, 2.05) is 0 Å². The number of hydrogen-bond acceptors (Lipinski definition) is 4. The summed E-state index contributed by atoms with van der Waals surface area (Å²) in [5, 5.41) is 10.5. The van der Waals surface area contributed by atoms with Crippen molar-refractivity contribution in [2.75, 3.05) is 18.4 Å². The second kappa shape index (κ2) is 6.73. The third kappa shape index (κ3) is 3.42. The quantitative estimate of drug-likeness (QED) is 0.660. The molecule has 2 unspecified atom stereocenters. The number of nitrogens with zero attached hydrogens (tertiary/aromatic N) is 3. The zero-order valence-corrected chi connectivity index (χ0v) is 15.1. The molecule has 1 aromatic carbocycles. The van der Waals surface area contributed by atoms with Crippen molar-refractivity contribution in [3.05, 3.63) is 48.2 Å². The van der Waals surface area contributed by atoms with E-state index >= 15 is 0 Å². The Morgan fingerprint density at radius 1 is 1.25 bits per heavy atom. The fourth-order valence-corrected chi connectivity index (χ4v) is 3.40. The Labute approximate surface area is 158 Å². The average Bonchev–Trinajstić information content (AvgIpc) is 3.28. The number of fused-ring (bicyclic) bond motifs is 1. The monoisotopic (exact) mass is 393 g/mol. The lowest BCUT2D eigenvalue weighted by atomic mass is 9.97. The fraction of sp³-hybridized carbons (Fsp3) is 0.368. The maximum atomic E-state index is 14.9. The standard InChI is InChI=1S/C19H19F4N5/c1-12(18(20)7-8-24-11-18)26-16-5-6-17-25-10-15(28(17)27-16)13-3-2-4-14(9-13)19(21,22)23/h2-6,9-10,12,24H,7-8,11H2,1H3,(H,26,27). The van der Waals surface area contributed by atoms with Gasteiger partial charge in [0.25, 0.3) is 0 Å². The zero-order valence-electron chi connectivity index (χ0n) is 15.1. The molecule has 2 atom stereocenters. The summed E-state index contributed by atoms with van der Waals surface area (Å²) in [6, 6.07) is 7.90. The van der Waals surface area contributed by atoms with Crippen molar-refractivity contribution in [3.63, 3.8) is 0 Å². The maximum absolute atomic E-state index is 14.9. The van der Waals surface area contributed by atoms with Gasteiger partial charge in [0.15, 0.2) is 5.65 Å². The summed E-state index contributed by atoms with van der Waals surface area (Å²) in [6.07, 6.45) is -2.55. The number of anilines is 1. The molecule has 1 saturated heterocycles. The van der Waals surface area contributed by atoms with Gasteiger partial charge in [-0.05, 0) is 44.2 Å². The Balaban J connectivity index is 1.67. The van der Waals surface area contributed by atoms with Crippen molar-refractivity contribution in [3.8, 4) is 11.3 Å². The number of aromatic nitrogens is 3. The summed E-state index contributed by atoms with van der Waals surface area (Å²) >= 11 is 0. The summed E-state index contributed by atoms with van der Waals surface area (Å²) in [5.74, 6) is 0.426. The number of benzene rings is 1. The van der Waals surface area contributed by atoms with Crippen molar-refractivity contribution in [1.82, 2.24) is 19.9 Å². The van der Waals surface area contributed by atoms with E-state index in [9.17, 15) is 17.6 Å². The lowest BCUT2D eigenvalue weighted by Gasteiger charge is -2.27. The van der Waals surface area contributed by atoms with Crippen molar-refractivity contribution in [1.29, 1.82) is 0 Å². The van der Waals surface area contributed by atoms with Crippen LogP contribution in [0.1, 0.15) is 18.9 Å². The summed E-state index contributed by atoms with van der Waals surface area (Å²) in [6.45, 7) is 2.64. The summed E-state index contributed by atoms with van der Waals surface area (Å²) < 4.78 is 55.4. The van der Waals surface area contributed by atoms with Crippen LogP contribution < -0.4 is 10.6 Å². The maximum Gasteiger partial charge on any atom is 0.416 e. The Morgan fingerprint density at radius 3 is 2.79 bits per heavy atom. The molecule has 2 aromatic heterocycles. The fourth-order valence-electron chi connectivity index (χ4n) is 3.40. The average molecular weight is 393 g/mol. The summed E-state index contributed by atoms with van der Waals surface area (Å²) in [5.41, 5.74) is -0.855. The van der Waals surface area contributed by atoms with Gasteiger partial charge in [-0.2, -0.15) is 13.2 Å². The molecule has 1 aliphatic heterocycles. The topological polar surface area (TPSA) is 54.2 Å². The van der Waals surface area contributed by atoms with E-state index in [1.54, 1.807) is 25.1 Å². The van der Waals surface area contributed by atoms with Gasteiger partial charge in [0, 0.05) is 12.1 Å². The number of imidazole rings is 1. The number of halogens is 4. The highest BCUT2D eigenvalue weighted by molar-refractivity contribution is 5.64. The Morgan fingerprint density at radius 2 is 2.07 bits per heavy atom. The zero-order chi connectivity index (χ0) is 19.9. The number of nitrogens with one attached hydrogen (secondary N) is 2. The third-order valence-electron chi connectivity index (χ3n) is 5.12. The molecule has 3 heterocycles. The van der Waals surface area contributed by atoms with Gasteiger partial charge in [0.2, 0.25) is 0 Å². The van der Waals surface area contributed by atoms with Crippen LogP contribution in [-0.2, 0) is 6.18 Å². The van der Waals surface area contributed by atoms with Crippen LogP contribution in [0.2, 0.25) is 0 Å². The van der Waals surface area contributed by atoms with Gasteiger partial charge >= 0.3 is 6.18 Å². The molecule has 148 valence electrons. The molecule has 2 N–H and O–H groups in total. The van der Waals surface area contributed by atoms with Gasteiger partial charge in [-0.3, -0.25) is 0 Å².